The van der Waals surface area contributed by atoms with Crippen LogP contribution in [0.3, 0.4) is 0 Å². The van der Waals surface area contributed by atoms with E-state index in [-0.39, 0.29) is 0 Å². The number of aryl methyl sites for hydroxylation is 1. The van der Waals surface area contributed by atoms with E-state index in [2.05, 4.69) is 26.0 Å². The maximum absolute atomic E-state index is 12.0. The second-order valence-electron chi connectivity index (χ2n) is 5.21. The van der Waals surface area contributed by atoms with Gasteiger partial charge in [0.1, 0.15) is 5.78 Å². The number of nitrogens with two attached hydrogens (primary N) is 1. The van der Waals surface area contributed by atoms with Gasteiger partial charge in [-0.1, -0.05) is 26.7 Å². The Labute approximate surface area is 121 Å². The van der Waals surface area contributed by atoms with Gasteiger partial charge in [-0.15, -0.1) is 11.3 Å². The van der Waals surface area contributed by atoms with Gasteiger partial charge in [0, 0.05) is 22.6 Å². The zero-order valence-electron chi connectivity index (χ0n) is 12.3. The molecule has 3 heteroatoms. The van der Waals surface area contributed by atoms with Gasteiger partial charge in [-0.2, -0.15) is 0 Å². The molecule has 0 aliphatic carbocycles. The Kier molecular flexibility index (Phi) is 7.99. The Morgan fingerprint density at radius 3 is 2.53 bits per heavy atom. The van der Waals surface area contributed by atoms with E-state index in [0.29, 0.717) is 24.5 Å². The van der Waals surface area contributed by atoms with Gasteiger partial charge >= 0.3 is 0 Å². The van der Waals surface area contributed by atoms with Crippen molar-refractivity contribution in [3.8, 4) is 0 Å². The highest BCUT2D eigenvalue weighted by Gasteiger charge is 2.11. The number of rotatable bonds is 10. The van der Waals surface area contributed by atoms with Crippen LogP contribution in [0.2, 0.25) is 0 Å². The second kappa shape index (κ2) is 9.27. The Morgan fingerprint density at radius 2 is 1.95 bits per heavy atom. The van der Waals surface area contributed by atoms with Gasteiger partial charge in [0.2, 0.25) is 0 Å². The molecule has 0 aliphatic rings. The highest BCUT2D eigenvalue weighted by atomic mass is 32.1. The number of carbonyl (C=O) groups is 1. The molecule has 1 aromatic rings. The number of ketones is 1. The molecule has 19 heavy (non-hydrogen) atoms. The molecule has 108 valence electrons. The van der Waals surface area contributed by atoms with Crippen molar-refractivity contribution < 1.29 is 4.79 Å². The first-order valence-corrected chi connectivity index (χ1v) is 8.30. The average Bonchev–Trinajstić information content (AvgIpc) is 2.84. The van der Waals surface area contributed by atoms with E-state index in [0.717, 1.165) is 25.8 Å². The van der Waals surface area contributed by atoms with Crippen LogP contribution >= 0.6 is 11.3 Å². The van der Waals surface area contributed by atoms with E-state index in [1.165, 1.54) is 22.6 Å². The van der Waals surface area contributed by atoms with E-state index in [1.54, 1.807) is 11.3 Å². The van der Waals surface area contributed by atoms with Gasteiger partial charge in [0.15, 0.2) is 0 Å². The van der Waals surface area contributed by atoms with Crippen LogP contribution in [-0.2, 0) is 17.6 Å². The van der Waals surface area contributed by atoms with Gasteiger partial charge in [0.05, 0.1) is 0 Å². The molecule has 0 aromatic carbocycles. The van der Waals surface area contributed by atoms with Crippen LogP contribution in [0, 0.1) is 5.92 Å². The predicted molar refractivity (Wildman–Crippen MR) is 83.7 cm³/mol. The van der Waals surface area contributed by atoms with Crippen LogP contribution in [0.1, 0.15) is 55.7 Å². The number of Topliss-reactive ketones (excluding diaryl/α,β-unsaturated/α-hetero) is 1. The normalized spacial score (nSPS) is 12.6. The number of carbonyl (C=O) groups excluding carboxylic acids is 1. The number of thiophene rings is 1. The smallest absolute Gasteiger partial charge is 0.138 e. The predicted octanol–water partition coefficient (Wildman–Crippen LogP) is 3.97. The largest absolute Gasteiger partial charge is 0.330 e. The molecular weight excluding hydrogens is 254 g/mol. The molecular formula is C16H27NOS. The lowest BCUT2D eigenvalue weighted by atomic mass is 9.93. The van der Waals surface area contributed by atoms with Crippen molar-refractivity contribution in [3.05, 3.63) is 21.9 Å². The summed E-state index contributed by atoms with van der Waals surface area (Å²) in [6.07, 6.45) is 6.84. The summed E-state index contributed by atoms with van der Waals surface area (Å²) in [5, 5.41) is 0. The van der Waals surface area contributed by atoms with Crippen LogP contribution in [-0.4, -0.2) is 12.3 Å². The Balaban J connectivity index is 2.33. The molecule has 0 aliphatic heterocycles. The molecule has 0 radical (unpaired) electrons. The van der Waals surface area contributed by atoms with Crippen LogP contribution < -0.4 is 5.73 Å². The third-order valence-electron chi connectivity index (χ3n) is 3.54. The summed E-state index contributed by atoms with van der Waals surface area (Å²) in [5.41, 5.74) is 5.62. The van der Waals surface area contributed by atoms with Crippen molar-refractivity contribution >= 4 is 17.1 Å². The highest BCUT2D eigenvalue weighted by molar-refractivity contribution is 7.12. The Morgan fingerprint density at radius 1 is 1.21 bits per heavy atom. The minimum atomic E-state index is 0.377. The van der Waals surface area contributed by atoms with Crippen molar-refractivity contribution in [1.82, 2.24) is 0 Å². The van der Waals surface area contributed by atoms with Crippen LogP contribution in [0.5, 0.6) is 0 Å². The fourth-order valence-corrected chi connectivity index (χ4v) is 3.42. The maximum atomic E-state index is 12.0. The first kappa shape index (κ1) is 16.4. The van der Waals surface area contributed by atoms with E-state index in [9.17, 15) is 4.79 Å². The summed E-state index contributed by atoms with van der Waals surface area (Å²) in [4.78, 5) is 14.6. The van der Waals surface area contributed by atoms with Gasteiger partial charge in [-0.3, -0.25) is 4.79 Å². The number of hydrogen-bond acceptors (Lipinski definition) is 3. The molecule has 0 amide bonds. The summed E-state index contributed by atoms with van der Waals surface area (Å²) in [5.74, 6) is 1.01. The maximum Gasteiger partial charge on any atom is 0.138 e. The van der Waals surface area contributed by atoms with E-state index >= 15 is 0 Å². The summed E-state index contributed by atoms with van der Waals surface area (Å²) < 4.78 is 0. The molecule has 2 nitrogen and oxygen atoms in total. The lowest BCUT2D eigenvalue weighted by molar-refractivity contribution is -0.118. The quantitative estimate of drug-likeness (QED) is 0.705. The third-order valence-corrected chi connectivity index (χ3v) is 4.77. The molecule has 1 heterocycles. The Bertz CT molecular complexity index is 367. The molecule has 0 saturated carbocycles. The fraction of sp³-hybridized carbons (Fsp3) is 0.688. The van der Waals surface area contributed by atoms with Gasteiger partial charge < -0.3 is 5.73 Å². The second-order valence-corrected chi connectivity index (χ2v) is 6.46. The minimum absolute atomic E-state index is 0.377. The lowest BCUT2D eigenvalue weighted by Gasteiger charge is -2.14. The van der Waals surface area contributed by atoms with Crippen molar-refractivity contribution in [2.24, 2.45) is 11.7 Å². The van der Waals surface area contributed by atoms with Crippen LogP contribution in [0.15, 0.2) is 12.1 Å². The van der Waals surface area contributed by atoms with Crippen LogP contribution in [0.4, 0.5) is 0 Å². The zero-order chi connectivity index (χ0) is 14.1. The van der Waals surface area contributed by atoms with E-state index in [1.807, 2.05) is 0 Å². The lowest BCUT2D eigenvalue weighted by Crippen LogP contribution is -2.11. The molecule has 1 rings (SSSR count). The molecule has 1 unspecified atom stereocenters. The molecule has 0 saturated heterocycles. The Hall–Kier alpha value is -0.670. The topological polar surface area (TPSA) is 43.1 Å². The van der Waals surface area contributed by atoms with Crippen LogP contribution in [0.25, 0.3) is 0 Å². The standard InChI is InChI=1S/C16H27NOS/c1-3-5-13(10-11-17)6-7-14(18)12-16-9-8-15(4-2)19-16/h8-9,13H,3-7,10-12,17H2,1-2H3. The third kappa shape index (κ3) is 6.35. The molecule has 2 N–H and O–H groups in total. The average molecular weight is 281 g/mol. The number of hydrogen-bond donors (Lipinski definition) is 1. The highest BCUT2D eigenvalue weighted by Crippen LogP contribution is 2.20. The minimum Gasteiger partial charge on any atom is -0.330 e. The summed E-state index contributed by atoms with van der Waals surface area (Å²) in [7, 11) is 0. The van der Waals surface area contributed by atoms with Gasteiger partial charge in [-0.25, -0.2) is 0 Å². The molecule has 0 bridgehead atoms. The van der Waals surface area contributed by atoms with Crippen molar-refractivity contribution in [2.75, 3.05) is 6.54 Å². The van der Waals surface area contributed by atoms with Gasteiger partial charge in [0.25, 0.3) is 0 Å². The van der Waals surface area contributed by atoms with E-state index < -0.39 is 0 Å². The zero-order valence-corrected chi connectivity index (χ0v) is 13.1. The first-order chi connectivity index (χ1) is 9.19. The van der Waals surface area contributed by atoms with Crippen molar-refractivity contribution in [2.45, 2.75) is 58.8 Å². The molecule has 0 fully saturated rings. The fourth-order valence-electron chi connectivity index (χ4n) is 2.43. The summed E-state index contributed by atoms with van der Waals surface area (Å²) >= 11 is 1.78. The van der Waals surface area contributed by atoms with Crippen molar-refractivity contribution in [3.63, 3.8) is 0 Å². The van der Waals surface area contributed by atoms with E-state index in [4.69, 9.17) is 5.73 Å². The summed E-state index contributed by atoms with van der Waals surface area (Å²) in [6.45, 7) is 5.09. The summed E-state index contributed by atoms with van der Waals surface area (Å²) in [6, 6.07) is 4.24. The molecule has 1 atom stereocenters. The SMILES string of the molecule is CCCC(CCN)CCC(=O)Cc1ccc(CC)s1. The first-order valence-electron chi connectivity index (χ1n) is 7.48. The molecule has 1 aromatic heterocycles. The van der Waals surface area contributed by atoms with Crippen molar-refractivity contribution in [1.29, 1.82) is 0 Å². The molecule has 0 spiro atoms. The monoisotopic (exact) mass is 281 g/mol. The van der Waals surface area contributed by atoms with Gasteiger partial charge in [-0.05, 0) is 43.9 Å².